The van der Waals surface area contributed by atoms with Crippen molar-refractivity contribution in [1.29, 1.82) is 0 Å². The number of nitrogens with zero attached hydrogens (tertiary/aromatic N) is 1. The lowest BCUT2D eigenvalue weighted by Gasteiger charge is -2.31. The van der Waals surface area contributed by atoms with Gasteiger partial charge in [0, 0.05) is 31.1 Å². The fraction of sp³-hybridized carbons (Fsp3) is 0.412. The Bertz CT molecular complexity index is 595. The predicted octanol–water partition coefficient (Wildman–Crippen LogP) is 3.14. The Kier molecular flexibility index (Phi) is 5.08. The first kappa shape index (κ1) is 15.5. The Hall–Kier alpha value is -1.43. The SMILES string of the molecule is OC1CCN(c2ccc(CNCc3cccs3)cc2F)CC1. The van der Waals surface area contributed by atoms with E-state index < -0.39 is 0 Å². The Balaban J connectivity index is 1.57. The second-order valence-corrected chi connectivity index (χ2v) is 6.72. The molecular weight excluding hydrogens is 299 g/mol. The zero-order valence-corrected chi connectivity index (χ0v) is 13.3. The molecule has 2 aromatic rings. The maximum atomic E-state index is 14.3. The van der Waals surface area contributed by atoms with Crippen LogP contribution < -0.4 is 10.2 Å². The van der Waals surface area contributed by atoms with E-state index in [1.54, 1.807) is 17.4 Å². The molecule has 0 bridgehead atoms. The summed E-state index contributed by atoms with van der Waals surface area (Å²) in [6.45, 7) is 2.90. The van der Waals surface area contributed by atoms with Gasteiger partial charge in [-0.1, -0.05) is 12.1 Å². The fourth-order valence-electron chi connectivity index (χ4n) is 2.77. The van der Waals surface area contributed by atoms with E-state index in [4.69, 9.17) is 0 Å². The summed E-state index contributed by atoms with van der Waals surface area (Å²) in [5.74, 6) is -0.174. The maximum Gasteiger partial charge on any atom is 0.146 e. The molecule has 0 spiro atoms. The van der Waals surface area contributed by atoms with Gasteiger partial charge in [0.2, 0.25) is 0 Å². The Morgan fingerprint density at radius 1 is 1.23 bits per heavy atom. The average molecular weight is 320 g/mol. The molecule has 1 fully saturated rings. The molecule has 0 aliphatic carbocycles. The summed E-state index contributed by atoms with van der Waals surface area (Å²) in [4.78, 5) is 3.30. The highest BCUT2D eigenvalue weighted by Gasteiger charge is 2.19. The van der Waals surface area contributed by atoms with Gasteiger partial charge < -0.3 is 15.3 Å². The number of halogens is 1. The van der Waals surface area contributed by atoms with Crippen LogP contribution in [0.5, 0.6) is 0 Å². The predicted molar refractivity (Wildman–Crippen MR) is 88.7 cm³/mol. The van der Waals surface area contributed by atoms with E-state index in [2.05, 4.69) is 16.8 Å². The lowest BCUT2D eigenvalue weighted by Crippen LogP contribution is -2.36. The zero-order chi connectivity index (χ0) is 15.4. The first-order valence-electron chi connectivity index (χ1n) is 7.67. The number of nitrogens with one attached hydrogen (secondary N) is 1. The van der Waals surface area contributed by atoms with Crippen molar-refractivity contribution >= 4 is 17.0 Å². The maximum absolute atomic E-state index is 14.3. The minimum Gasteiger partial charge on any atom is -0.393 e. The molecule has 2 N–H and O–H groups in total. The molecule has 1 aromatic carbocycles. The van der Waals surface area contributed by atoms with E-state index in [0.29, 0.717) is 38.2 Å². The minimum atomic E-state index is -0.236. The number of hydrogen-bond acceptors (Lipinski definition) is 4. The summed E-state index contributed by atoms with van der Waals surface area (Å²) in [6, 6.07) is 9.57. The first-order valence-corrected chi connectivity index (χ1v) is 8.55. The highest BCUT2D eigenvalue weighted by Crippen LogP contribution is 2.24. The van der Waals surface area contributed by atoms with E-state index in [1.807, 2.05) is 23.1 Å². The molecule has 3 rings (SSSR count). The van der Waals surface area contributed by atoms with Crippen LogP contribution in [0, 0.1) is 5.82 Å². The largest absolute Gasteiger partial charge is 0.393 e. The average Bonchev–Trinajstić information content (AvgIpc) is 3.02. The van der Waals surface area contributed by atoms with Crippen LogP contribution in [0.1, 0.15) is 23.3 Å². The number of aliphatic hydroxyl groups excluding tert-OH is 1. The van der Waals surface area contributed by atoms with Crippen LogP contribution in [0.25, 0.3) is 0 Å². The van der Waals surface area contributed by atoms with Gasteiger partial charge in [0.25, 0.3) is 0 Å². The Morgan fingerprint density at radius 2 is 2.05 bits per heavy atom. The third-order valence-electron chi connectivity index (χ3n) is 4.03. The van der Waals surface area contributed by atoms with Crippen LogP contribution in [0.15, 0.2) is 35.7 Å². The number of anilines is 1. The number of rotatable bonds is 5. The number of hydrogen-bond donors (Lipinski definition) is 2. The molecule has 2 heterocycles. The van der Waals surface area contributed by atoms with Gasteiger partial charge in [0.05, 0.1) is 11.8 Å². The molecule has 0 radical (unpaired) electrons. The second kappa shape index (κ2) is 7.22. The van der Waals surface area contributed by atoms with Gasteiger partial charge in [-0.05, 0) is 42.0 Å². The van der Waals surface area contributed by atoms with Crippen molar-refractivity contribution in [2.75, 3.05) is 18.0 Å². The molecule has 1 aliphatic heterocycles. The van der Waals surface area contributed by atoms with Gasteiger partial charge in [0.15, 0.2) is 0 Å². The molecule has 118 valence electrons. The third kappa shape index (κ3) is 3.85. The summed E-state index contributed by atoms with van der Waals surface area (Å²) in [6.07, 6.45) is 1.19. The van der Waals surface area contributed by atoms with Crippen LogP contribution in [-0.2, 0) is 13.1 Å². The lowest BCUT2D eigenvalue weighted by atomic mass is 10.1. The summed E-state index contributed by atoms with van der Waals surface area (Å²) in [5.41, 5.74) is 1.60. The molecule has 1 aliphatic rings. The summed E-state index contributed by atoms with van der Waals surface area (Å²) in [5, 5.41) is 14.9. The van der Waals surface area contributed by atoms with E-state index in [0.717, 1.165) is 12.1 Å². The van der Waals surface area contributed by atoms with E-state index in [1.165, 1.54) is 4.88 Å². The van der Waals surface area contributed by atoms with Crippen molar-refractivity contribution in [3.63, 3.8) is 0 Å². The molecule has 0 atom stereocenters. The van der Waals surface area contributed by atoms with Gasteiger partial charge in [-0.2, -0.15) is 0 Å². The van der Waals surface area contributed by atoms with Crippen LogP contribution in [0.4, 0.5) is 10.1 Å². The van der Waals surface area contributed by atoms with Gasteiger partial charge >= 0.3 is 0 Å². The lowest BCUT2D eigenvalue weighted by molar-refractivity contribution is 0.145. The molecule has 5 heteroatoms. The van der Waals surface area contributed by atoms with Crippen molar-refractivity contribution in [1.82, 2.24) is 5.32 Å². The number of thiophene rings is 1. The molecule has 0 unspecified atom stereocenters. The molecular formula is C17H21FN2OS. The van der Waals surface area contributed by atoms with Gasteiger partial charge in [-0.15, -0.1) is 11.3 Å². The summed E-state index contributed by atoms with van der Waals surface area (Å²) in [7, 11) is 0. The summed E-state index contributed by atoms with van der Waals surface area (Å²) < 4.78 is 14.3. The number of piperidine rings is 1. The van der Waals surface area contributed by atoms with Gasteiger partial charge in [0.1, 0.15) is 5.82 Å². The van der Waals surface area contributed by atoms with Crippen LogP contribution >= 0.6 is 11.3 Å². The molecule has 0 saturated carbocycles. The Labute approximate surface area is 134 Å². The number of benzene rings is 1. The van der Waals surface area contributed by atoms with Crippen LogP contribution in [0.3, 0.4) is 0 Å². The third-order valence-corrected chi connectivity index (χ3v) is 4.90. The van der Waals surface area contributed by atoms with Crippen molar-refractivity contribution in [3.05, 3.63) is 52.0 Å². The smallest absolute Gasteiger partial charge is 0.146 e. The van der Waals surface area contributed by atoms with Crippen molar-refractivity contribution in [2.24, 2.45) is 0 Å². The van der Waals surface area contributed by atoms with Gasteiger partial charge in [-0.3, -0.25) is 0 Å². The van der Waals surface area contributed by atoms with E-state index >= 15 is 0 Å². The quantitative estimate of drug-likeness (QED) is 0.888. The van der Waals surface area contributed by atoms with E-state index in [-0.39, 0.29) is 11.9 Å². The van der Waals surface area contributed by atoms with E-state index in [9.17, 15) is 9.50 Å². The Morgan fingerprint density at radius 3 is 2.73 bits per heavy atom. The number of aliphatic hydroxyl groups is 1. The van der Waals surface area contributed by atoms with Gasteiger partial charge in [-0.25, -0.2) is 4.39 Å². The highest BCUT2D eigenvalue weighted by atomic mass is 32.1. The highest BCUT2D eigenvalue weighted by molar-refractivity contribution is 7.09. The van der Waals surface area contributed by atoms with Crippen molar-refractivity contribution < 1.29 is 9.50 Å². The topological polar surface area (TPSA) is 35.5 Å². The molecule has 22 heavy (non-hydrogen) atoms. The molecule has 1 aromatic heterocycles. The molecule has 0 amide bonds. The molecule has 1 saturated heterocycles. The van der Waals surface area contributed by atoms with Crippen LogP contribution in [-0.4, -0.2) is 24.3 Å². The zero-order valence-electron chi connectivity index (χ0n) is 12.5. The monoisotopic (exact) mass is 320 g/mol. The normalized spacial score (nSPS) is 16.2. The minimum absolute atomic E-state index is 0.174. The molecule has 3 nitrogen and oxygen atoms in total. The fourth-order valence-corrected chi connectivity index (χ4v) is 3.44. The van der Waals surface area contributed by atoms with Crippen LogP contribution in [0.2, 0.25) is 0 Å². The van der Waals surface area contributed by atoms with Crippen molar-refractivity contribution in [3.8, 4) is 0 Å². The van der Waals surface area contributed by atoms with Crippen molar-refractivity contribution in [2.45, 2.75) is 32.0 Å². The standard InChI is InChI=1S/C17H21FN2OS/c18-16-10-13(11-19-12-15-2-1-9-22-15)3-4-17(16)20-7-5-14(21)6-8-20/h1-4,9-10,14,19,21H,5-8,11-12H2. The summed E-state index contributed by atoms with van der Waals surface area (Å²) >= 11 is 1.72. The first-order chi connectivity index (χ1) is 10.7. The second-order valence-electron chi connectivity index (χ2n) is 5.69.